The monoisotopic (exact) mass is 358 g/mol. The topological polar surface area (TPSA) is 110 Å². The molecule has 0 heterocycles. The largest absolute Gasteiger partial charge is 0.479 e. The summed E-state index contributed by atoms with van der Waals surface area (Å²) in [6.07, 6.45) is 1.78. The second-order valence-corrected chi connectivity index (χ2v) is 10.9. The molecule has 2 N–H and O–H groups in total. The van der Waals surface area contributed by atoms with Gasteiger partial charge in [0.05, 0.1) is 11.8 Å². The van der Waals surface area contributed by atoms with Gasteiger partial charge in [0.25, 0.3) is 0 Å². The average molecular weight is 358 g/mol. The van der Waals surface area contributed by atoms with Crippen LogP contribution in [0.3, 0.4) is 0 Å². The zero-order chi connectivity index (χ0) is 17.6. The van der Waals surface area contributed by atoms with Crippen molar-refractivity contribution < 1.29 is 32.5 Å². The van der Waals surface area contributed by atoms with Crippen LogP contribution in [0.5, 0.6) is 0 Å². The second-order valence-electron chi connectivity index (χ2n) is 6.65. The predicted molar refractivity (Wildman–Crippen MR) is 84.8 cm³/mol. The molecule has 0 fully saturated rings. The predicted octanol–water partition coefficient (Wildman–Crippen LogP) is 3.89. The minimum Gasteiger partial charge on any atom is -0.324 e. The maximum Gasteiger partial charge on any atom is 0.479 e. The van der Waals surface area contributed by atoms with Crippen LogP contribution in [-0.4, -0.2) is 27.3 Å². The highest BCUT2D eigenvalue weighted by atomic mass is 31.3. The third-order valence-corrected chi connectivity index (χ3v) is 6.83. The van der Waals surface area contributed by atoms with E-state index in [9.17, 15) is 23.7 Å². The number of hydrogen-bond acceptors (Lipinski definition) is 5. The fourth-order valence-corrected chi connectivity index (χ4v) is 3.96. The van der Waals surface area contributed by atoms with Crippen molar-refractivity contribution in [3.63, 3.8) is 0 Å². The number of rotatable bonds is 10. The van der Waals surface area contributed by atoms with E-state index in [0.29, 0.717) is 12.3 Å². The van der Waals surface area contributed by atoms with Crippen molar-refractivity contribution in [3.8, 4) is 0 Å². The highest BCUT2D eigenvalue weighted by molar-refractivity contribution is 7.64. The maximum atomic E-state index is 11.8. The molecule has 0 radical (unpaired) electrons. The van der Waals surface area contributed by atoms with E-state index in [2.05, 4.69) is 8.83 Å². The van der Waals surface area contributed by atoms with E-state index in [-0.39, 0.29) is 25.2 Å². The van der Waals surface area contributed by atoms with E-state index in [1.807, 2.05) is 13.8 Å². The summed E-state index contributed by atoms with van der Waals surface area (Å²) in [4.78, 5) is 30.6. The zero-order valence-corrected chi connectivity index (χ0v) is 15.7. The van der Waals surface area contributed by atoms with Crippen LogP contribution in [0.25, 0.3) is 0 Å². The first-order chi connectivity index (χ1) is 9.77. The van der Waals surface area contributed by atoms with Crippen molar-refractivity contribution in [1.82, 2.24) is 0 Å². The van der Waals surface area contributed by atoms with Gasteiger partial charge in [-0.1, -0.05) is 13.8 Å². The third kappa shape index (κ3) is 9.19. The molecule has 2 atom stereocenters. The summed E-state index contributed by atoms with van der Waals surface area (Å²) in [5.41, 5.74) is 0. The van der Waals surface area contributed by atoms with Gasteiger partial charge in [-0.2, -0.15) is 0 Å². The normalized spacial score (nSPS) is 18.0. The van der Waals surface area contributed by atoms with Crippen molar-refractivity contribution in [3.05, 3.63) is 0 Å². The summed E-state index contributed by atoms with van der Waals surface area (Å²) < 4.78 is 32.5. The molecule has 0 saturated heterocycles. The standard InChI is InChI=1S/C13H28O7P2/c1-11(2)8-9-12(14)7-6-10-19-22(17,18)20-21(15,16)13(3,4)5/h11H,6-10H2,1-5H3,(H,15,16)(H,17,18). The smallest absolute Gasteiger partial charge is 0.324 e. The molecule has 0 amide bonds. The Bertz CT molecular complexity index is 454. The molecule has 0 spiro atoms. The van der Waals surface area contributed by atoms with Crippen LogP contribution in [-0.2, 0) is 22.8 Å². The van der Waals surface area contributed by atoms with Crippen LogP contribution in [0.2, 0.25) is 0 Å². The van der Waals surface area contributed by atoms with Gasteiger partial charge in [-0.25, -0.2) is 8.88 Å². The van der Waals surface area contributed by atoms with Crippen molar-refractivity contribution in [2.24, 2.45) is 5.92 Å². The second kappa shape index (κ2) is 8.72. The highest BCUT2D eigenvalue weighted by Crippen LogP contribution is 2.65. The SMILES string of the molecule is CC(C)CCC(=O)CCCOP(=O)(O)OP(=O)(O)C(C)(C)C. The van der Waals surface area contributed by atoms with Gasteiger partial charge < -0.3 is 9.79 Å². The molecule has 0 rings (SSSR count). The van der Waals surface area contributed by atoms with E-state index in [4.69, 9.17) is 0 Å². The molecule has 132 valence electrons. The minimum atomic E-state index is -4.63. The number of carbonyl (C=O) groups is 1. The lowest BCUT2D eigenvalue weighted by Crippen LogP contribution is -2.16. The number of carbonyl (C=O) groups excluding carboxylic acids is 1. The summed E-state index contributed by atoms with van der Waals surface area (Å²) in [6, 6.07) is 0. The van der Waals surface area contributed by atoms with Crippen LogP contribution in [0.15, 0.2) is 0 Å². The van der Waals surface area contributed by atoms with Crippen LogP contribution in [0.1, 0.15) is 60.3 Å². The van der Waals surface area contributed by atoms with Crippen LogP contribution in [0.4, 0.5) is 0 Å². The molecule has 0 aromatic heterocycles. The number of ketones is 1. The fourth-order valence-electron chi connectivity index (χ4n) is 1.31. The number of phosphoric acid groups is 1. The van der Waals surface area contributed by atoms with Gasteiger partial charge in [0.2, 0.25) is 0 Å². The van der Waals surface area contributed by atoms with Gasteiger partial charge >= 0.3 is 15.4 Å². The van der Waals surface area contributed by atoms with E-state index < -0.39 is 20.6 Å². The summed E-state index contributed by atoms with van der Waals surface area (Å²) in [5, 5.41) is -1.19. The molecule has 0 saturated carbocycles. The Morgan fingerprint density at radius 1 is 1.14 bits per heavy atom. The molecule has 9 heteroatoms. The van der Waals surface area contributed by atoms with Crippen molar-refractivity contribution in [2.75, 3.05) is 6.61 Å². The van der Waals surface area contributed by atoms with Gasteiger partial charge in [0, 0.05) is 12.8 Å². The fraction of sp³-hybridized carbons (Fsp3) is 0.923. The first-order valence-electron chi connectivity index (χ1n) is 7.30. The Kier molecular flexibility index (Phi) is 8.71. The molecule has 7 nitrogen and oxygen atoms in total. The first kappa shape index (κ1) is 22.0. The molecule has 0 aliphatic carbocycles. The minimum absolute atomic E-state index is 0.0634. The lowest BCUT2D eigenvalue weighted by Gasteiger charge is -2.26. The van der Waals surface area contributed by atoms with E-state index in [1.165, 1.54) is 20.8 Å². The molecule has 0 aliphatic heterocycles. The summed E-state index contributed by atoms with van der Waals surface area (Å²) in [5.74, 6) is 0.510. The molecular formula is C13H28O7P2. The van der Waals surface area contributed by atoms with E-state index in [1.54, 1.807) is 0 Å². The van der Waals surface area contributed by atoms with Crippen molar-refractivity contribution in [1.29, 1.82) is 0 Å². The lowest BCUT2D eigenvalue weighted by molar-refractivity contribution is -0.119. The first-order valence-corrected chi connectivity index (χ1v) is 10.4. The molecular weight excluding hydrogens is 330 g/mol. The molecule has 2 unspecified atom stereocenters. The zero-order valence-electron chi connectivity index (χ0n) is 13.9. The van der Waals surface area contributed by atoms with Gasteiger partial charge in [-0.3, -0.25) is 13.9 Å². The molecule has 0 aromatic carbocycles. The number of hydrogen-bond donors (Lipinski definition) is 2. The number of phosphoric ester groups is 1. The highest BCUT2D eigenvalue weighted by Gasteiger charge is 2.43. The summed E-state index contributed by atoms with van der Waals surface area (Å²) in [7, 11) is -8.92. The Morgan fingerprint density at radius 2 is 1.68 bits per heavy atom. The van der Waals surface area contributed by atoms with Crippen molar-refractivity contribution >= 4 is 21.2 Å². The molecule has 0 aromatic rings. The molecule has 0 bridgehead atoms. The Balaban J connectivity index is 4.17. The van der Waals surface area contributed by atoms with Gasteiger partial charge in [0.15, 0.2) is 0 Å². The van der Waals surface area contributed by atoms with E-state index in [0.717, 1.165) is 6.42 Å². The van der Waals surface area contributed by atoms with Crippen molar-refractivity contribution in [2.45, 2.75) is 65.5 Å². The van der Waals surface area contributed by atoms with Gasteiger partial charge in [0.1, 0.15) is 5.78 Å². The van der Waals surface area contributed by atoms with Crippen LogP contribution in [0, 0.1) is 5.92 Å². The Hall–Kier alpha value is -0.0300. The third-order valence-electron chi connectivity index (χ3n) is 2.92. The van der Waals surface area contributed by atoms with E-state index >= 15 is 0 Å². The summed E-state index contributed by atoms with van der Waals surface area (Å²) in [6.45, 7) is 8.12. The lowest BCUT2D eigenvalue weighted by atomic mass is 10.0. The van der Waals surface area contributed by atoms with Crippen LogP contribution < -0.4 is 0 Å². The Morgan fingerprint density at radius 3 is 2.14 bits per heavy atom. The average Bonchev–Trinajstić information content (AvgIpc) is 2.29. The Labute approximate surface area is 132 Å². The van der Waals surface area contributed by atoms with Gasteiger partial charge in [-0.05, 0) is 39.5 Å². The maximum absolute atomic E-state index is 11.8. The van der Waals surface area contributed by atoms with Gasteiger partial charge in [-0.15, -0.1) is 0 Å². The molecule has 22 heavy (non-hydrogen) atoms. The quantitative estimate of drug-likeness (QED) is 0.450. The number of Topliss-reactive ketones (excluding diaryl/α,β-unsaturated/α-hetero) is 1. The summed E-state index contributed by atoms with van der Waals surface area (Å²) >= 11 is 0. The van der Waals surface area contributed by atoms with Crippen LogP contribution >= 0.6 is 15.4 Å². The molecule has 0 aliphatic rings.